The number of nitrogens with zero attached hydrogens (tertiary/aromatic N) is 1. The smallest absolute Gasteiger partial charge is 0.356 e. The van der Waals surface area contributed by atoms with Crippen LogP contribution in [-0.2, 0) is 9.53 Å². The lowest BCUT2D eigenvalue weighted by Gasteiger charge is -2.02. The first kappa shape index (κ1) is 10.9. The maximum Gasteiger partial charge on any atom is 0.356 e. The first-order valence-electron chi connectivity index (χ1n) is 4.14. The summed E-state index contributed by atoms with van der Waals surface area (Å²) < 4.78 is 4.80. The van der Waals surface area contributed by atoms with E-state index in [9.17, 15) is 4.79 Å². The summed E-state index contributed by atoms with van der Waals surface area (Å²) in [6, 6.07) is 0. The molecular formula is C8H15NO3. The van der Waals surface area contributed by atoms with Gasteiger partial charge in [-0.2, -0.15) is 0 Å². The van der Waals surface area contributed by atoms with Crippen molar-refractivity contribution in [3.63, 3.8) is 0 Å². The number of ether oxygens (including phenoxy) is 1. The van der Waals surface area contributed by atoms with Crippen molar-refractivity contribution in [2.75, 3.05) is 6.61 Å². The van der Waals surface area contributed by atoms with Gasteiger partial charge >= 0.3 is 5.97 Å². The van der Waals surface area contributed by atoms with E-state index in [1.807, 2.05) is 6.92 Å². The summed E-state index contributed by atoms with van der Waals surface area (Å²) >= 11 is 0. The van der Waals surface area contributed by atoms with Crippen molar-refractivity contribution in [2.24, 2.45) is 5.16 Å². The molecule has 0 aliphatic carbocycles. The summed E-state index contributed by atoms with van der Waals surface area (Å²) in [5.74, 6) is -0.520. The first-order valence-corrected chi connectivity index (χ1v) is 4.14. The average Bonchev–Trinajstić information content (AvgIpc) is 2.07. The van der Waals surface area contributed by atoms with Crippen LogP contribution in [-0.4, -0.2) is 23.5 Å². The Morgan fingerprint density at radius 2 is 2.17 bits per heavy atom. The van der Waals surface area contributed by atoms with Crippen molar-refractivity contribution in [2.45, 2.75) is 33.1 Å². The number of hydrogen-bond donors (Lipinski definition) is 1. The van der Waals surface area contributed by atoms with Gasteiger partial charge in [0.25, 0.3) is 0 Å². The van der Waals surface area contributed by atoms with Crippen LogP contribution in [0.4, 0.5) is 0 Å². The average molecular weight is 173 g/mol. The Morgan fingerprint density at radius 1 is 1.50 bits per heavy atom. The van der Waals surface area contributed by atoms with Crippen LogP contribution in [0.2, 0.25) is 0 Å². The van der Waals surface area contributed by atoms with Crippen LogP contribution in [0.1, 0.15) is 33.1 Å². The second-order valence-electron chi connectivity index (χ2n) is 2.39. The third-order valence-corrected chi connectivity index (χ3v) is 1.42. The molecule has 0 aliphatic heterocycles. The van der Waals surface area contributed by atoms with Crippen molar-refractivity contribution in [3.05, 3.63) is 0 Å². The highest BCUT2D eigenvalue weighted by molar-refractivity contribution is 6.36. The Balaban J connectivity index is 3.71. The minimum absolute atomic E-state index is 0.0751. The predicted molar refractivity (Wildman–Crippen MR) is 45.4 cm³/mol. The second-order valence-corrected chi connectivity index (χ2v) is 2.39. The normalized spacial score (nSPS) is 11.3. The minimum atomic E-state index is -0.520. The Kier molecular flexibility index (Phi) is 6.05. The molecule has 1 N–H and O–H groups in total. The molecule has 0 saturated carbocycles. The summed E-state index contributed by atoms with van der Waals surface area (Å²) in [6.45, 7) is 4.14. The molecule has 12 heavy (non-hydrogen) atoms. The summed E-state index contributed by atoms with van der Waals surface area (Å²) in [6.07, 6.45) is 2.21. The van der Waals surface area contributed by atoms with Gasteiger partial charge in [-0.1, -0.05) is 25.4 Å². The molecule has 0 heterocycles. The van der Waals surface area contributed by atoms with E-state index in [1.165, 1.54) is 0 Å². The van der Waals surface area contributed by atoms with E-state index >= 15 is 0 Å². The Bertz CT molecular complexity index is 166. The van der Waals surface area contributed by atoms with Crippen LogP contribution in [0.3, 0.4) is 0 Å². The summed E-state index contributed by atoms with van der Waals surface area (Å²) in [5.41, 5.74) is 0.0751. The Labute approximate surface area is 72.2 Å². The lowest BCUT2D eigenvalue weighted by molar-refractivity contribution is -0.135. The molecule has 0 bridgehead atoms. The fourth-order valence-electron chi connectivity index (χ4n) is 0.648. The van der Waals surface area contributed by atoms with E-state index in [2.05, 4.69) is 5.16 Å². The van der Waals surface area contributed by atoms with E-state index in [0.717, 1.165) is 12.8 Å². The molecule has 0 unspecified atom stereocenters. The number of unbranched alkanes of at least 4 members (excludes halogenated alkanes) is 1. The summed E-state index contributed by atoms with van der Waals surface area (Å²) in [7, 11) is 0. The highest BCUT2D eigenvalue weighted by atomic mass is 16.5. The number of hydrogen-bond acceptors (Lipinski definition) is 4. The maximum atomic E-state index is 11.0. The Morgan fingerprint density at radius 3 is 2.58 bits per heavy atom. The fraction of sp³-hybridized carbons (Fsp3) is 0.750. The lowest BCUT2D eigenvalue weighted by Crippen LogP contribution is -2.17. The first-order chi connectivity index (χ1) is 5.76. The molecule has 0 aromatic heterocycles. The van der Waals surface area contributed by atoms with Gasteiger partial charge in [-0.05, 0) is 12.8 Å². The third kappa shape index (κ3) is 3.95. The second kappa shape index (κ2) is 6.64. The highest BCUT2D eigenvalue weighted by Gasteiger charge is 2.10. The van der Waals surface area contributed by atoms with Gasteiger partial charge in [0.05, 0.1) is 6.61 Å². The topological polar surface area (TPSA) is 58.9 Å². The van der Waals surface area contributed by atoms with E-state index in [4.69, 9.17) is 9.94 Å². The molecule has 0 radical (unpaired) electrons. The number of rotatable bonds is 5. The zero-order valence-corrected chi connectivity index (χ0v) is 7.54. The number of esters is 1. The largest absolute Gasteiger partial charge is 0.461 e. The fourth-order valence-corrected chi connectivity index (χ4v) is 0.648. The van der Waals surface area contributed by atoms with Gasteiger partial charge < -0.3 is 9.94 Å². The molecule has 0 rings (SSSR count). The number of carbonyl (C=O) groups is 1. The predicted octanol–water partition coefficient (Wildman–Crippen LogP) is 1.57. The molecule has 0 aromatic rings. The zero-order chi connectivity index (χ0) is 9.40. The molecular weight excluding hydrogens is 158 g/mol. The number of carbonyl (C=O) groups excluding carboxylic acids is 1. The van der Waals surface area contributed by atoms with Crippen LogP contribution in [0.5, 0.6) is 0 Å². The maximum absolute atomic E-state index is 11.0. The van der Waals surface area contributed by atoms with Crippen LogP contribution >= 0.6 is 0 Å². The molecule has 0 fully saturated rings. The van der Waals surface area contributed by atoms with Gasteiger partial charge in [-0.25, -0.2) is 4.79 Å². The zero-order valence-electron chi connectivity index (χ0n) is 7.54. The molecule has 0 aromatic carbocycles. The summed E-state index contributed by atoms with van der Waals surface area (Å²) in [4.78, 5) is 11.0. The van der Waals surface area contributed by atoms with Crippen LogP contribution < -0.4 is 0 Å². The monoisotopic (exact) mass is 173 g/mol. The molecule has 0 aliphatic rings. The Hall–Kier alpha value is -1.06. The van der Waals surface area contributed by atoms with Crippen LogP contribution in [0.15, 0.2) is 5.16 Å². The van der Waals surface area contributed by atoms with Crippen molar-refractivity contribution in [3.8, 4) is 0 Å². The van der Waals surface area contributed by atoms with Gasteiger partial charge in [0, 0.05) is 0 Å². The van der Waals surface area contributed by atoms with Gasteiger partial charge in [0.1, 0.15) is 0 Å². The van der Waals surface area contributed by atoms with Gasteiger partial charge in [0.15, 0.2) is 5.71 Å². The molecule has 0 spiro atoms. The van der Waals surface area contributed by atoms with E-state index < -0.39 is 5.97 Å². The minimum Gasteiger partial charge on any atom is -0.461 e. The highest BCUT2D eigenvalue weighted by Crippen LogP contribution is 1.93. The van der Waals surface area contributed by atoms with Gasteiger partial charge in [-0.15, -0.1) is 0 Å². The molecule has 4 nitrogen and oxygen atoms in total. The van der Waals surface area contributed by atoms with Crippen LogP contribution in [0, 0.1) is 0 Å². The van der Waals surface area contributed by atoms with E-state index in [1.54, 1.807) is 6.92 Å². The van der Waals surface area contributed by atoms with E-state index in [0.29, 0.717) is 13.0 Å². The van der Waals surface area contributed by atoms with Crippen molar-refractivity contribution < 1.29 is 14.7 Å². The van der Waals surface area contributed by atoms with Crippen molar-refractivity contribution >= 4 is 11.7 Å². The van der Waals surface area contributed by atoms with Gasteiger partial charge in [-0.3, -0.25) is 0 Å². The van der Waals surface area contributed by atoms with Crippen molar-refractivity contribution in [1.82, 2.24) is 0 Å². The molecule has 0 amide bonds. The van der Waals surface area contributed by atoms with Crippen LogP contribution in [0.25, 0.3) is 0 Å². The van der Waals surface area contributed by atoms with Gasteiger partial charge in [0.2, 0.25) is 0 Å². The van der Waals surface area contributed by atoms with E-state index in [-0.39, 0.29) is 5.71 Å². The summed E-state index contributed by atoms with van der Waals surface area (Å²) in [5, 5.41) is 11.2. The molecule has 0 atom stereocenters. The number of oxime groups is 1. The molecule has 4 heteroatoms. The quantitative estimate of drug-likeness (QED) is 0.226. The standard InChI is InChI=1S/C8H15NO3/c1-3-5-6-12-8(10)7(4-2)9-11/h11H,3-6H2,1-2H3/b9-7-. The third-order valence-electron chi connectivity index (χ3n) is 1.42. The van der Waals surface area contributed by atoms with Crippen molar-refractivity contribution in [1.29, 1.82) is 0 Å². The SMILES string of the molecule is CCCCOC(=O)/C(CC)=N\O. The molecule has 70 valence electrons. The molecule has 0 saturated heterocycles. The lowest BCUT2D eigenvalue weighted by atomic mass is 10.3.